The molecule has 1 aliphatic heterocycles. The number of nitrogens with zero attached hydrogens (tertiary/aromatic N) is 3. The van der Waals surface area contributed by atoms with Crippen LogP contribution in [0, 0.1) is 17.0 Å². The number of amides is 1. The SMILES string of the molecule is Cc1ccc(S(=O)(=O)N2CCN(C(=O)OC(C)(C)C)CC2)cc1[N+](=O)[O-]. The molecule has 26 heavy (non-hydrogen) atoms. The number of hydrogen-bond acceptors (Lipinski definition) is 6. The van der Waals surface area contributed by atoms with E-state index in [9.17, 15) is 23.3 Å². The van der Waals surface area contributed by atoms with E-state index in [2.05, 4.69) is 0 Å². The summed E-state index contributed by atoms with van der Waals surface area (Å²) in [5, 5.41) is 11.0. The van der Waals surface area contributed by atoms with Gasteiger partial charge in [0.1, 0.15) is 5.60 Å². The van der Waals surface area contributed by atoms with Crippen molar-refractivity contribution in [3.8, 4) is 0 Å². The predicted molar refractivity (Wildman–Crippen MR) is 94.4 cm³/mol. The molecule has 1 amide bonds. The van der Waals surface area contributed by atoms with Crippen molar-refractivity contribution in [3.05, 3.63) is 33.9 Å². The molecule has 9 nitrogen and oxygen atoms in total. The zero-order valence-electron chi connectivity index (χ0n) is 15.3. The lowest BCUT2D eigenvalue weighted by molar-refractivity contribution is -0.385. The first kappa shape index (κ1) is 20.1. The zero-order chi connectivity index (χ0) is 19.7. The third kappa shape index (κ3) is 4.50. The first-order valence-corrected chi connectivity index (χ1v) is 9.59. The Hall–Kier alpha value is -2.20. The van der Waals surface area contributed by atoms with Crippen LogP contribution in [0.4, 0.5) is 10.5 Å². The summed E-state index contributed by atoms with van der Waals surface area (Å²) in [6.07, 6.45) is -0.486. The number of aryl methyl sites for hydroxylation is 1. The Labute approximate surface area is 152 Å². The van der Waals surface area contributed by atoms with Crippen molar-refractivity contribution in [2.45, 2.75) is 38.2 Å². The van der Waals surface area contributed by atoms with E-state index in [0.717, 1.165) is 6.07 Å². The number of ether oxygens (including phenoxy) is 1. The van der Waals surface area contributed by atoms with E-state index < -0.39 is 26.6 Å². The average molecular weight is 385 g/mol. The third-order valence-electron chi connectivity index (χ3n) is 3.91. The van der Waals surface area contributed by atoms with Gasteiger partial charge < -0.3 is 9.64 Å². The minimum atomic E-state index is -3.87. The van der Waals surface area contributed by atoms with E-state index in [1.165, 1.54) is 21.3 Å². The fraction of sp³-hybridized carbons (Fsp3) is 0.562. The Kier molecular flexibility index (Phi) is 5.57. The topological polar surface area (TPSA) is 110 Å². The van der Waals surface area contributed by atoms with E-state index in [1.807, 2.05) is 0 Å². The fourth-order valence-electron chi connectivity index (χ4n) is 2.53. The molecule has 1 aliphatic rings. The Morgan fingerprint density at radius 1 is 1.19 bits per heavy atom. The van der Waals surface area contributed by atoms with Crippen LogP contribution in [0.15, 0.2) is 23.1 Å². The number of carbonyl (C=O) groups is 1. The van der Waals surface area contributed by atoms with Gasteiger partial charge in [-0.25, -0.2) is 13.2 Å². The van der Waals surface area contributed by atoms with Crippen LogP contribution in [0.1, 0.15) is 26.3 Å². The number of carbonyl (C=O) groups excluding carboxylic acids is 1. The van der Waals surface area contributed by atoms with E-state index >= 15 is 0 Å². The van der Waals surface area contributed by atoms with Gasteiger partial charge in [0.25, 0.3) is 5.69 Å². The second kappa shape index (κ2) is 7.20. The van der Waals surface area contributed by atoms with Gasteiger partial charge in [-0.15, -0.1) is 0 Å². The highest BCUT2D eigenvalue weighted by Gasteiger charge is 2.32. The molecule has 1 aromatic carbocycles. The molecule has 10 heteroatoms. The fourth-order valence-corrected chi connectivity index (χ4v) is 3.98. The standard InChI is InChI=1S/C16H23N3O6S/c1-12-5-6-13(11-14(12)19(21)22)26(23,24)18-9-7-17(8-10-18)15(20)25-16(2,3)4/h5-6,11H,7-10H2,1-4H3. The van der Waals surface area contributed by atoms with Crippen molar-refractivity contribution in [2.24, 2.45) is 0 Å². The summed E-state index contributed by atoms with van der Waals surface area (Å²) in [7, 11) is -3.87. The molecule has 2 rings (SSSR count). The Bertz CT molecular complexity index is 808. The molecule has 1 saturated heterocycles. The molecule has 0 spiro atoms. The predicted octanol–water partition coefficient (Wildman–Crippen LogP) is 2.14. The lowest BCUT2D eigenvalue weighted by Gasteiger charge is -2.34. The summed E-state index contributed by atoms with van der Waals surface area (Å²) in [6.45, 7) is 7.42. The van der Waals surface area contributed by atoms with Crippen molar-refractivity contribution in [1.82, 2.24) is 9.21 Å². The van der Waals surface area contributed by atoms with Gasteiger partial charge in [-0.05, 0) is 33.8 Å². The molecule has 0 bridgehead atoms. The summed E-state index contributed by atoms with van der Waals surface area (Å²) in [5.74, 6) is 0. The molecule has 0 radical (unpaired) electrons. The molecule has 0 aliphatic carbocycles. The maximum Gasteiger partial charge on any atom is 0.410 e. The summed E-state index contributed by atoms with van der Waals surface area (Å²) >= 11 is 0. The van der Waals surface area contributed by atoms with Crippen LogP contribution >= 0.6 is 0 Å². The smallest absolute Gasteiger partial charge is 0.410 e. The molecule has 0 unspecified atom stereocenters. The Balaban J connectivity index is 2.12. The number of benzene rings is 1. The van der Waals surface area contributed by atoms with Gasteiger partial charge in [-0.1, -0.05) is 6.07 Å². The molecule has 0 N–H and O–H groups in total. The average Bonchev–Trinajstić information content (AvgIpc) is 2.53. The third-order valence-corrected chi connectivity index (χ3v) is 5.80. The van der Waals surface area contributed by atoms with Crippen molar-refractivity contribution >= 4 is 21.8 Å². The van der Waals surface area contributed by atoms with E-state index in [-0.39, 0.29) is 36.8 Å². The molecular formula is C16H23N3O6S. The quantitative estimate of drug-likeness (QED) is 0.582. The number of sulfonamides is 1. The van der Waals surface area contributed by atoms with Gasteiger partial charge in [0, 0.05) is 37.8 Å². The van der Waals surface area contributed by atoms with Gasteiger partial charge in [0.05, 0.1) is 9.82 Å². The van der Waals surface area contributed by atoms with Crippen molar-refractivity contribution in [2.75, 3.05) is 26.2 Å². The minimum Gasteiger partial charge on any atom is -0.444 e. The molecule has 0 saturated carbocycles. The second-order valence-electron chi connectivity index (χ2n) is 7.08. The van der Waals surface area contributed by atoms with Crippen LogP contribution in [0.5, 0.6) is 0 Å². The van der Waals surface area contributed by atoms with Crippen molar-refractivity contribution in [3.63, 3.8) is 0 Å². The molecule has 0 aromatic heterocycles. The molecule has 1 aromatic rings. The lowest BCUT2D eigenvalue weighted by Crippen LogP contribution is -2.51. The van der Waals surface area contributed by atoms with Crippen LogP contribution in [-0.4, -0.2) is 60.4 Å². The monoisotopic (exact) mass is 385 g/mol. The van der Waals surface area contributed by atoms with E-state index in [1.54, 1.807) is 27.7 Å². The highest BCUT2D eigenvalue weighted by Crippen LogP contribution is 2.25. The van der Waals surface area contributed by atoms with Gasteiger partial charge in [0.2, 0.25) is 10.0 Å². The number of piperazine rings is 1. The van der Waals surface area contributed by atoms with Crippen LogP contribution in [0.2, 0.25) is 0 Å². The summed E-state index contributed by atoms with van der Waals surface area (Å²) < 4.78 is 32.0. The highest BCUT2D eigenvalue weighted by molar-refractivity contribution is 7.89. The molecule has 1 fully saturated rings. The Morgan fingerprint density at radius 3 is 2.27 bits per heavy atom. The van der Waals surface area contributed by atoms with Gasteiger partial charge in [-0.2, -0.15) is 4.31 Å². The first-order valence-electron chi connectivity index (χ1n) is 8.15. The van der Waals surface area contributed by atoms with Gasteiger partial charge >= 0.3 is 6.09 Å². The molecule has 144 valence electrons. The van der Waals surface area contributed by atoms with Crippen LogP contribution < -0.4 is 0 Å². The maximum absolute atomic E-state index is 12.7. The largest absolute Gasteiger partial charge is 0.444 e. The van der Waals surface area contributed by atoms with Gasteiger partial charge in [-0.3, -0.25) is 10.1 Å². The van der Waals surface area contributed by atoms with Crippen molar-refractivity contribution in [1.29, 1.82) is 0 Å². The Morgan fingerprint density at radius 2 is 1.77 bits per heavy atom. The van der Waals surface area contributed by atoms with Crippen LogP contribution in [-0.2, 0) is 14.8 Å². The highest BCUT2D eigenvalue weighted by atomic mass is 32.2. The zero-order valence-corrected chi connectivity index (χ0v) is 16.1. The van der Waals surface area contributed by atoms with Crippen molar-refractivity contribution < 1.29 is 22.9 Å². The minimum absolute atomic E-state index is 0.100. The summed E-state index contributed by atoms with van der Waals surface area (Å²) in [6, 6.07) is 3.85. The molecule has 0 atom stereocenters. The molecule has 1 heterocycles. The number of nitro groups is 1. The number of hydrogen-bond donors (Lipinski definition) is 0. The van der Waals surface area contributed by atoms with E-state index in [0.29, 0.717) is 5.56 Å². The van der Waals surface area contributed by atoms with Crippen LogP contribution in [0.3, 0.4) is 0 Å². The second-order valence-corrected chi connectivity index (χ2v) is 9.01. The van der Waals surface area contributed by atoms with Crippen LogP contribution in [0.25, 0.3) is 0 Å². The lowest BCUT2D eigenvalue weighted by atomic mass is 10.2. The van der Waals surface area contributed by atoms with Gasteiger partial charge in [0.15, 0.2) is 0 Å². The summed E-state index contributed by atoms with van der Waals surface area (Å²) in [4.78, 5) is 23.8. The normalized spacial score (nSPS) is 16.4. The molecular weight excluding hydrogens is 362 g/mol. The van der Waals surface area contributed by atoms with E-state index in [4.69, 9.17) is 4.74 Å². The number of rotatable bonds is 3. The summed E-state index contributed by atoms with van der Waals surface area (Å²) in [5.41, 5.74) is -0.469. The first-order chi connectivity index (χ1) is 11.9. The maximum atomic E-state index is 12.7. The number of nitro benzene ring substituents is 1.